The third-order valence-electron chi connectivity index (χ3n) is 6.96. The molecule has 2 aromatic carbocycles. The molecule has 0 aliphatic carbocycles. The molecule has 2 aliphatic rings. The molecule has 36 heavy (non-hydrogen) atoms. The van der Waals surface area contributed by atoms with Crippen molar-refractivity contribution < 1.29 is 19.1 Å². The number of piperidine rings is 1. The van der Waals surface area contributed by atoms with Gasteiger partial charge in [0.2, 0.25) is 5.91 Å². The highest BCUT2D eigenvalue weighted by Gasteiger charge is 2.42. The highest BCUT2D eigenvalue weighted by atomic mass is 35.5. The molecule has 1 unspecified atom stereocenters. The van der Waals surface area contributed by atoms with E-state index in [1.54, 1.807) is 11.0 Å². The molecule has 2 amide bonds. The van der Waals surface area contributed by atoms with Crippen molar-refractivity contribution in [1.29, 1.82) is 0 Å². The van der Waals surface area contributed by atoms with E-state index in [0.29, 0.717) is 29.5 Å². The SMILES string of the molecule is Cc1cc(OCC2(CC(=O)N3CCCCC3)CN(C(=O)c3cccc(N(C)C)c3)CCO2)ccc1Cl. The number of amides is 2. The van der Waals surface area contributed by atoms with Crippen LogP contribution in [0, 0.1) is 6.92 Å². The predicted molar refractivity (Wildman–Crippen MR) is 142 cm³/mol. The van der Waals surface area contributed by atoms with Crippen molar-refractivity contribution in [2.75, 3.05) is 58.4 Å². The van der Waals surface area contributed by atoms with E-state index in [1.165, 1.54) is 0 Å². The lowest BCUT2D eigenvalue weighted by molar-refractivity contribution is -0.153. The fraction of sp³-hybridized carbons (Fsp3) is 0.500. The summed E-state index contributed by atoms with van der Waals surface area (Å²) in [4.78, 5) is 32.5. The van der Waals surface area contributed by atoms with Crippen molar-refractivity contribution in [3.05, 3.63) is 58.6 Å². The zero-order valence-corrected chi connectivity index (χ0v) is 22.2. The van der Waals surface area contributed by atoms with Crippen LogP contribution in [0.1, 0.15) is 41.6 Å². The number of halogens is 1. The number of carbonyl (C=O) groups is 2. The molecule has 0 bridgehead atoms. The number of likely N-dealkylation sites (tertiary alicyclic amines) is 1. The van der Waals surface area contributed by atoms with Crippen molar-refractivity contribution in [1.82, 2.24) is 9.80 Å². The maximum Gasteiger partial charge on any atom is 0.254 e. The van der Waals surface area contributed by atoms with Crippen molar-refractivity contribution in [2.45, 2.75) is 38.2 Å². The third kappa shape index (κ3) is 6.31. The Morgan fingerprint density at radius 2 is 1.83 bits per heavy atom. The van der Waals surface area contributed by atoms with Gasteiger partial charge in [-0.05, 0) is 68.1 Å². The van der Waals surface area contributed by atoms with Gasteiger partial charge in [-0.2, -0.15) is 0 Å². The van der Waals surface area contributed by atoms with Gasteiger partial charge in [0.15, 0.2) is 0 Å². The first-order valence-electron chi connectivity index (χ1n) is 12.6. The zero-order valence-electron chi connectivity index (χ0n) is 21.5. The Balaban J connectivity index is 1.55. The van der Waals surface area contributed by atoms with Crippen LogP contribution >= 0.6 is 11.6 Å². The first-order chi connectivity index (χ1) is 17.3. The largest absolute Gasteiger partial charge is 0.490 e. The predicted octanol–water partition coefficient (Wildman–Crippen LogP) is 4.41. The van der Waals surface area contributed by atoms with E-state index in [9.17, 15) is 9.59 Å². The molecule has 2 saturated heterocycles. The molecule has 0 N–H and O–H groups in total. The average Bonchev–Trinajstić information content (AvgIpc) is 2.89. The standard InChI is InChI=1S/C28H36ClN3O4/c1-21-16-24(10-11-25(21)29)35-20-28(18-26(33)31-12-5-4-6-13-31)19-32(14-15-36-28)27(34)22-8-7-9-23(17-22)30(2)3/h7-11,16-17H,4-6,12-15,18-20H2,1-3H3. The minimum absolute atomic E-state index is 0.0505. The van der Waals surface area contributed by atoms with E-state index in [4.69, 9.17) is 21.1 Å². The van der Waals surface area contributed by atoms with Crippen LogP contribution in [0.15, 0.2) is 42.5 Å². The number of morpholine rings is 1. The van der Waals surface area contributed by atoms with Crippen molar-refractivity contribution in [2.24, 2.45) is 0 Å². The van der Waals surface area contributed by atoms with E-state index in [0.717, 1.165) is 43.6 Å². The molecule has 0 radical (unpaired) electrons. The number of anilines is 1. The van der Waals surface area contributed by atoms with Gasteiger partial charge in [0.05, 0.1) is 19.6 Å². The lowest BCUT2D eigenvalue weighted by Gasteiger charge is -2.43. The van der Waals surface area contributed by atoms with Gasteiger partial charge in [0, 0.05) is 50.0 Å². The molecule has 8 heteroatoms. The molecule has 1 atom stereocenters. The number of rotatable bonds is 7. The van der Waals surface area contributed by atoms with Crippen molar-refractivity contribution in [3.8, 4) is 5.75 Å². The van der Waals surface area contributed by atoms with Gasteiger partial charge in [-0.1, -0.05) is 17.7 Å². The molecule has 0 saturated carbocycles. The molecule has 194 valence electrons. The number of hydrogen-bond acceptors (Lipinski definition) is 5. The van der Waals surface area contributed by atoms with Gasteiger partial charge >= 0.3 is 0 Å². The molecule has 4 rings (SSSR count). The summed E-state index contributed by atoms with van der Waals surface area (Å²) in [6.07, 6.45) is 3.36. The average molecular weight is 514 g/mol. The highest BCUT2D eigenvalue weighted by Crippen LogP contribution is 2.29. The summed E-state index contributed by atoms with van der Waals surface area (Å²) in [6.45, 7) is 4.71. The van der Waals surface area contributed by atoms with Crippen LogP contribution in [0.5, 0.6) is 5.75 Å². The molecule has 0 spiro atoms. The Labute approximate surface area is 218 Å². The quantitative estimate of drug-likeness (QED) is 0.549. The minimum atomic E-state index is -0.935. The lowest BCUT2D eigenvalue weighted by atomic mass is 9.95. The summed E-state index contributed by atoms with van der Waals surface area (Å²) in [5, 5.41) is 0.669. The van der Waals surface area contributed by atoms with Crippen molar-refractivity contribution in [3.63, 3.8) is 0 Å². The molecule has 0 aromatic heterocycles. The molecular formula is C28H36ClN3O4. The smallest absolute Gasteiger partial charge is 0.254 e. The van der Waals surface area contributed by atoms with E-state index >= 15 is 0 Å². The van der Waals surface area contributed by atoms with Gasteiger partial charge in [0.1, 0.15) is 18.0 Å². The van der Waals surface area contributed by atoms with Gasteiger partial charge in [-0.15, -0.1) is 0 Å². The summed E-state index contributed by atoms with van der Waals surface area (Å²) in [5.74, 6) is 0.640. The maximum absolute atomic E-state index is 13.5. The summed E-state index contributed by atoms with van der Waals surface area (Å²) in [6, 6.07) is 13.1. The molecule has 2 fully saturated rings. The second-order valence-corrected chi connectivity index (χ2v) is 10.4. The van der Waals surface area contributed by atoms with Crippen LogP contribution in [-0.4, -0.2) is 80.7 Å². The fourth-order valence-corrected chi connectivity index (χ4v) is 4.93. The summed E-state index contributed by atoms with van der Waals surface area (Å²) in [5.41, 5.74) is 1.56. The molecular weight excluding hydrogens is 478 g/mol. The first-order valence-corrected chi connectivity index (χ1v) is 13.0. The van der Waals surface area contributed by atoms with E-state index in [1.807, 2.05) is 67.2 Å². The Morgan fingerprint density at radius 3 is 2.56 bits per heavy atom. The molecule has 2 aliphatic heterocycles. The second-order valence-electron chi connectivity index (χ2n) is 10.0. The van der Waals surface area contributed by atoms with Crippen LogP contribution in [0.2, 0.25) is 5.02 Å². The number of nitrogens with zero attached hydrogens (tertiary/aromatic N) is 3. The maximum atomic E-state index is 13.5. The molecule has 2 heterocycles. The van der Waals surface area contributed by atoms with Crippen LogP contribution < -0.4 is 9.64 Å². The highest BCUT2D eigenvalue weighted by molar-refractivity contribution is 6.31. The van der Waals surface area contributed by atoms with Crippen LogP contribution in [0.25, 0.3) is 0 Å². The Morgan fingerprint density at radius 1 is 1.06 bits per heavy atom. The topological polar surface area (TPSA) is 62.3 Å². The summed E-state index contributed by atoms with van der Waals surface area (Å²) < 4.78 is 12.4. The molecule has 2 aromatic rings. The van der Waals surface area contributed by atoms with Crippen LogP contribution in [-0.2, 0) is 9.53 Å². The Hall–Kier alpha value is -2.77. The van der Waals surface area contributed by atoms with Gasteiger partial charge in [0.25, 0.3) is 5.91 Å². The van der Waals surface area contributed by atoms with Crippen LogP contribution in [0.4, 0.5) is 5.69 Å². The number of benzene rings is 2. The van der Waals surface area contributed by atoms with Crippen molar-refractivity contribution >= 4 is 29.1 Å². The fourth-order valence-electron chi connectivity index (χ4n) is 4.82. The van der Waals surface area contributed by atoms with E-state index in [2.05, 4.69) is 0 Å². The number of hydrogen-bond donors (Lipinski definition) is 0. The normalized spacial score (nSPS) is 20.2. The first kappa shape index (κ1) is 26.3. The van der Waals surface area contributed by atoms with Gasteiger partial charge in [-0.3, -0.25) is 9.59 Å². The van der Waals surface area contributed by atoms with Crippen LogP contribution in [0.3, 0.4) is 0 Å². The number of aryl methyl sites for hydroxylation is 1. The number of carbonyl (C=O) groups excluding carboxylic acids is 2. The van der Waals surface area contributed by atoms with E-state index < -0.39 is 5.60 Å². The second kappa shape index (κ2) is 11.5. The van der Waals surface area contributed by atoms with Gasteiger partial charge in [-0.25, -0.2) is 0 Å². The zero-order chi connectivity index (χ0) is 25.7. The molecule has 7 nitrogen and oxygen atoms in total. The monoisotopic (exact) mass is 513 g/mol. The van der Waals surface area contributed by atoms with E-state index in [-0.39, 0.29) is 31.4 Å². The summed E-state index contributed by atoms with van der Waals surface area (Å²) in [7, 11) is 3.90. The lowest BCUT2D eigenvalue weighted by Crippen LogP contribution is -2.58. The summed E-state index contributed by atoms with van der Waals surface area (Å²) >= 11 is 6.18. The third-order valence-corrected chi connectivity index (χ3v) is 7.38. The minimum Gasteiger partial charge on any atom is -0.490 e. The Kier molecular flexibility index (Phi) is 8.42. The number of ether oxygens (including phenoxy) is 2. The van der Waals surface area contributed by atoms with Gasteiger partial charge < -0.3 is 24.2 Å². The Bertz CT molecular complexity index is 1090.